The van der Waals surface area contributed by atoms with Gasteiger partial charge in [0.2, 0.25) is 0 Å². The second kappa shape index (κ2) is 15.6. The Morgan fingerprint density at radius 1 is 0.750 bits per heavy atom. The summed E-state index contributed by atoms with van der Waals surface area (Å²) in [6.45, 7) is 5.20. The molecule has 4 heteroatoms. The fraction of sp³-hybridized carbons (Fsp3) is 0.714. The van der Waals surface area contributed by atoms with E-state index in [1.54, 1.807) is 11.0 Å². The Kier molecular flexibility index (Phi) is 13.2. The van der Waals surface area contributed by atoms with E-state index < -0.39 is 0 Å². The molecule has 1 aromatic rings. The monoisotopic (exact) mass is 505 g/mol. The number of unbranched alkanes of at least 4 members (excludes halogenated alkanes) is 12. The van der Waals surface area contributed by atoms with Crippen molar-refractivity contribution in [1.29, 1.82) is 0 Å². The van der Waals surface area contributed by atoms with Crippen molar-refractivity contribution in [1.82, 2.24) is 0 Å². The van der Waals surface area contributed by atoms with Gasteiger partial charge in [0.25, 0.3) is 11.7 Å². The van der Waals surface area contributed by atoms with Crippen LogP contribution in [0.25, 0.3) is 0 Å². The van der Waals surface area contributed by atoms with Crippen LogP contribution in [0, 0.1) is 5.92 Å². The van der Waals surface area contributed by atoms with Crippen molar-refractivity contribution in [2.45, 2.75) is 117 Å². The van der Waals surface area contributed by atoms with Crippen LogP contribution in [0.5, 0.6) is 0 Å². The van der Waals surface area contributed by atoms with Crippen molar-refractivity contribution in [3.63, 3.8) is 0 Å². The standard InChI is InChI=1S/C28H44BrNO2/c1-3-5-7-9-11-12-14-16-18-23(17-15-13-10-8-6-4-2)22-30-26-21-24(29)19-20-25(26)27(31)28(30)32/h19-21,23H,3-18,22H2,1-2H3. The predicted octanol–water partition coefficient (Wildman–Crippen LogP) is 8.88. The number of hydrogen-bond acceptors (Lipinski definition) is 2. The summed E-state index contributed by atoms with van der Waals surface area (Å²) in [5, 5.41) is 0. The summed E-state index contributed by atoms with van der Waals surface area (Å²) in [6.07, 6.45) is 20.7. The molecule has 180 valence electrons. The minimum absolute atomic E-state index is 0.345. The van der Waals surface area contributed by atoms with Crippen LogP contribution in [0.2, 0.25) is 0 Å². The zero-order valence-electron chi connectivity index (χ0n) is 20.5. The van der Waals surface area contributed by atoms with Crippen molar-refractivity contribution in [3.8, 4) is 0 Å². The molecular formula is C28H44BrNO2. The number of carbonyl (C=O) groups is 2. The van der Waals surface area contributed by atoms with Crippen LogP contribution in [-0.2, 0) is 4.79 Å². The van der Waals surface area contributed by atoms with E-state index in [1.807, 2.05) is 12.1 Å². The summed E-state index contributed by atoms with van der Waals surface area (Å²) < 4.78 is 0.916. The summed E-state index contributed by atoms with van der Waals surface area (Å²) >= 11 is 3.50. The zero-order valence-corrected chi connectivity index (χ0v) is 22.1. The number of fused-ring (bicyclic) bond motifs is 1. The van der Waals surface area contributed by atoms with Gasteiger partial charge in [-0.2, -0.15) is 0 Å². The molecule has 0 bridgehead atoms. The van der Waals surface area contributed by atoms with Crippen molar-refractivity contribution in [2.24, 2.45) is 5.92 Å². The molecule has 1 heterocycles. The molecule has 0 aliphatic carbocycles. The first-order valence-electron chi connectivity index (χ1n) is 13.2. The van der Waals surface area contributed by atoms with Gasteiger partial charge in [0.1, 0.15) is 0 Å². The molecule has 1 aliphatic rings. The molecule has 1 atom stereocenters. The van der Waals surface area contributed by atoms with Crippen LogP contribution in [0.1, 0.15) is 127 Å². The van der Waals surface area contributed by atoms with E-state index in [0.717, 1.165) is 23.0 Å². The van der Waals surface area contributed by atoms with E-state index in [9.17, 15) is 9.59 Å². The number of carbonyl (C=O) groups excluding carboxylic acids is 2. The maximum Gasteiger partial charge on any atom is 0.299 e. The Hall–Kier alpha value is -1.16. The molecule has 1 amide bonds. The number of Topliss-reactive ketones (excluding diaryl/α,β-unsaturated/α-hetero) is 1. The lowest BCUT2D eigenvalue weighted by Crippen LogP contribution is -2.34. The molecular weight excluding hydrogens is 462 g/mol. The average Bonchev–Trinajstić information content (AvgIpc) is 3.01. The van der Waals surface area contributed by atoms with Crippen molar-refractivity contribution in [3.05, 3.63) is 28.2 Å². The SMILES string of the molecule is CCCCCCCCCCC(CCCCCCCC)CN1C(=O)C(=O)c2ccc(Br)cc21. The minimum atomic E-state index is -0.349. The van der Waals surface area contributed by atoms with Crippen LogP contribution >= 0.6 is 15.9 Å². The van der Waals surface area contributed by atoms with E-state index in [0.29, 0.717) is 18.0 Å². The number of hydrogen-bond donors (Lipinski definition) is 0. The number of anilines is 1. The van der Waals surface area contributed by atoms with Crippen LogP contribution in [-0.4, -0.2) is 18.2 Å². The average molecular weight is 507 g/mol. The lowest BCUT2D eigenvalue weighted by molar-refractivity contribution is -0.114. The van der Waals surface area contributed by atoms with Gasteiger partial charge < -0.3 is 4.90 Å². The first kappa shape index (κ1) is 27.1. The molecule has 1 unspecified atom stereocenters. The van der Waals surface area contributed by atoms with Crippen molar-refractivity contribution >= 4 is 33.3 Å². The molecule has 3 nitrogen and oxygen atoms in total. The first-order chi connectivity index (χ1) is 15.6. The molecule has 0 spiro atoms. The zero-order chi connectivity index (χ0) is 23.2. The number of ketones is 1. The van der Waals surface area contributed by atoms with Gasteiger partial charge in [0.05, 0.1) is 11.3 Å². The third-order valence-corrected chi connectivity index (χ3v) is 7.30. The highest BCUT2D eigenvalue weighted by Crippen LogP contribution is 2.33. The molecule has 0 fully saturated rings. The minimum Gasteiger partial charge on any atom is -0.304 e. The molecule has 1 aliphatic heterocycles. The van der Waals surface area contributed by atoms with Crippen LogP contribution in [0.3, 0.4) is 0 Å². The van der Waals surface area contributed by atoms with Crippen LogP contribution in [0.15, 0.2) is 22.7 Å². The summed E-state index contributed by atoms with van der Waals surface area (Å²) in [5.41, 5.74) is 1.35. The molecule has 0 radical (unpaired) electrons. The highest BCUT2D eigenvalue weighted by atomic mass is 79.9. The first-order valence-corrected chi connectivity index (χ1v) is 14.0. The lowest BCUT2D eigenvalue weighted by atomic mass is 9.93. The van der Waals surface area contributed by atoms with E-state index in [-0.39, 0.29) is 11.7 Å². The van der Waals surface area contributed by atoms with Crippen LogP contribution < -0.4 is 4.90 Å². The van der Waals surface area contributed by atoms with Gasteiger partial charge in [0, 0.05) is 11.0 Å². The summed E-state index contributed by atoms with van der Waals surface area (Å²) in [4.78, 5) is 26.9. The predicted molar refractivity (Wildman–Crippen MR) is 140 cm³/mol. The molecule has 2 rings (SSSR count). The quantitative estimate of drug-likeness (QED) is 0.147. The van der Waals surface area contributed by atoms with Gasteiger partial charge in [-0.1, -0.05) is 120 Å². The fourth-order valence-electron chi connectivity index (χ4n) is 4.81. The van der Waals surface area contributed by atoms with Gasteiger partial charge >= 0.3 is 0 Å². The van der Waals surface area contributed by atoms with E-state index >= 15 is 0 Å². The van der Waals surface area contributed by atoms with Crippen LogP contribution in [0.4, 0.5) is 5.69 Å². The van der Waals surface area contributed by atoms with Gasteiger partial charge in [-0.3, -0.25) is 9.59 Å². The highest BCUT2D eigenvalue weighted by molar-refractivity contribution is 9.10. The van der Waals surface area contributed by atoms with Crippen molar-refractivity contribution < 1.29 is 9.59 Å². The number of amides is 1. The Labute approximate surface area is 204 Å². The largest absolute Gasteiger partial charge is 0.304 e. The second-order valence-corrected chi connectivity index (χ2v) is 10.5. The number of benzene rings is 1. The number of nitrogens with zero attached hydrogens (tertiary/aromatic N) is 1. The van der Waals surface area contributed by atoms with Crippen molar-refractivity contribution in [2.75, 3.05) is 11.4 Å². The fourth-order valence-corrected chi connectivity index (χ4v) is 5.16. The van der Waals surface area contributed by atoms with E-state index in [1.165, 1.54) is 89.9 Å². The number of rotatable bonds is 18. The molecule has 0 N–H and O–H groups in total. The van der Waals surface area contributed by atoms with Gasteiger partial charge in [-0.15, -0.1) is 0 Å². The van der Waals surface area contributed by atoms with E-state index in [2.05, 4.69) is 29.8 Å². The van der Waals surface area contributed by atoms with Gasteiger partial charge in [-0.05, 0) is 37.0 Å². The maximum atomic E-state index is 12.7. The lowest BCUT2D eigenvalue weighted by Gasteiger charge is -2.24. The Bertz CT molecular complexity index is 703. The molecule has 0 saturated heterocycles. The molecule has 32 heavy (non-hydrogen) atoms. The maximum absolute atomic E-state index is 12.7. The second-order valence-electron chi connectivity index (χ2n) is 9.59. The smallest absolute Gasteiger partial charge is 0.299 e. The third kappa shape index (κ3) is 9.00. The van der Waals surface area contributed by atoms with E-state index in [4.69, 9.17) is 0 Å². The number of halogens is 1. The Morgan fingerprint density at radius 3 is 1.78 bits per heavy atom. The Morgan fingerprint density at radius 2 is 1.25 bits per heavy atom. The molecule has 0 saturated carbocycles. The van der Waals surface area contributed by atoms with Gasteiger partial charge in [0.15, 0.2) is 0 Å². The summed E-state index contributed by atoms with van der Waals surface area (Å²) in [6, 6.07) is 5.55. The topological polar surface area (TPSA) is 37.4 Å². The third-order valence-electron chi connectivity index (χ3n) is 6.81. The molecule has 0 aromatic heterocycles. The Balaban J connectivity index is 1.87. The normalized spacial score (nSPS) is 14.3. The van der Waals surface area contributed by atoms with Gasteiger partial charge in [-0.25, -0.2) is 0 Å². The summed E-state index contributed by atoms with van der Waals surface area (Å²) in [5.74, 6) is -0.220. The molecule has 1 aromatic carbocycles. The highest BCUT2D eigenvalue weighted by Gasteiger charge is 2.36. The summed E-state index contributed by atoms with van der Waals surface area (Å²) in [7, 11) is 0.